The molecule has 2 rings (SSSR count). The number of halogens is 4. The highest BCUT2D eigenvalue weighted by Crippen LogP contribution is 2.33. The number of alkyl halides is 3. The lowest BCUT2D eigenvalue weighted by Crippen LogP contribution is -2.20. The summed E-state index contributed by atoms with van der Waals surface area (Å²) in [5.74, 6) is 0. The standard InChI is InChI=1S/C9H7ClF3N3O/c1-15-4-3-5(10)14-7(9(11,12)13)6(4)16(2)8(15)17/h3H,1-2H3. The number of hydrogen-bond donors (Lipinski definition) is 0. The van der Waals surface area contributed by atoms with Gasteiger partial charge in [-0.15, -0.1) is 0 Å². The third-order valence-electron chi connectivity index (χ3n) is 2.48. The molecule has 0 fully saturated rings. The Morgan fingerprint density at radius 2 is 1.88 bits per heavy atom. The maximum Gasteiger partial charge on any atom is 0.435 e. The topological polar surface area (TPSA) is 39.8 Å². The Kier molecular flexibility index (Phi) is 2.46. The number of nitrogens with zero attached hydrogens (tertiary/aromatic N) is 3. The van der Waals surface area contributed by atoms with E-state index in [4.69, 9.17) is 11.6 Å². The van der Waals surface area contributed by atoms with Crippen molar-refractivity contribution in [3.05, 3.63) is 27.4 Å². The largest absolute Gasteiger partial charge is 0.435 e. The van der Waals surface area contributed by atoms with Gasteiger partial charge in [0.2, 0.25) is 0 Å². The van der Waals surface area contributed by atoms with Crippen LogP contribution in [0.5, 0.6) is 0 Å². The zero-order valence-corrected chi connectivity index (χ0v) is 9.60. The highest BCUT2D eigenvalue weighted by atomic mass is 35.5. The van der Waals surface area contributed by atoms with Gasteiger partial charge in [-0.3, -0.25) is 9.13 Å². The SMILES string of the molecule is Cn1c(=O)n(C)c2c(C(F)(F)F)nc(Cl)cc21. The van der Waals surface area contributed by atoms with Crippen molar-refractivity contribution in [2.45, 2.75) is 6.18 Å². The number of pyridine rings is 1. The zero-order valence-electron chi connectivity index (χ0n) is 8.84. The average molecular weight is 266 g/mol. The quantitative estimate of drug-likeness (QED) is 0.683. The predicted octanol–water partition coefficient (Wildman–Crippen LogP) is 1.94. The fraction of sp³-hybridized carbons (Fsp3) is 0.333. The molecule has 0 aliphatic carbocycles. The number of aryl methyl sites for hydroxylation is 2. The molecule has 0 amide bonds. The number of rotatable bonds is 0. The first-order valence-corrected chi connectivity index (χ1v) is 4.90. The minimum atomic E-state index is -4.66. The highest BCUT2D eigenvalue weighted by molar-refractivity contribution is 6.30. The third-order valence-corrected chi connectivity index (χ3v) is 2.67. The molecule has 0 N–H and O–H groups in total. The molecule has 0 unspecified atom stereocenters. The van der Waals surface area contributed by atoms with E-state index >= 15 is 0 Å². The van der Waals surface area contributed by atoms with Crippen molar-refractivity contribution in [1.29, 1.82) is 0 Å². The van der Waals surface area contributed by atoms with Gasteiger partial charge in [-0.05, 0) is 0 Å². The van der Waals surface area contributed by atoms with Crippen molar-refractivity contribution in [2.24, 2.45) is 14.1 Å². The van der Waals surface area contributed by atoms with Gasteiger partial charge in [0.25, 0.3) is 0 Å². The number of imidazole rings is 1. The molecule has 0 bridgehead atoms. The Morgan fingerprint density at radius 3 is 2.41 bits per heavy atom. The Labute approximate surface area is 98.2 Å². The molecule has 2 heterocycles. The molecular formula is C9H7ClF3N3O. The summed E-state index contributed by atoms with van der Waals surface area (Å²) >= 11 is 5.53. The lowest BCUT2D eigenvalue weighted by atomic mass is 10.3. The molecule has 0 aliphatic heterocycles. The number of fused-ring (bicyclic) bond motifs is 1. The van der Waals surface area contributed by atoms with E-state index < -0.39 is 17.6 Å². The Hall–Kier alpha value is -1.50. The smallest absolute Gasteiger partial charge is 0.295 e. The molecule has 2 aromatic heterocycles. The first-order chi connectivity index (χ1) is 7.73. The normalized spacial score (nSPS) is 12.4. The van der Waals surface area contributed by atoms with E-state index in [1.54, 1.807) is 0 Å². The van der Waals surface area contributed by atoms with Crippen LogP contribution >= 0.6 is 11.6 Å². The molecule has 0 radical (unpaired) electrons. The molecule has 2 aromatic rings. The summed E-state index contributed by atoms with van der Waals surface area (Å²) in [6, 6.07) is 1.23. The van der Waals surface area contributed by atoms with Crippen LogP contribution < -0.4 is 5.69 Å². The van der Waals surface area contributed by atoms with Crippen LogP contribution in [-0.4, -0.2) is 14.1 Å². The van der Waals surface area contributed by atoms with Crippen LogP contribution in [0.3, 0.4) is 0 Å². The van der Waals surface area contributed by atoms with E-state index in [0.29, 0.717) is 0 Å². The van der Waals surface area contributed by atoms with E-state index in [2.05, 4.69) is 4.98 Å². The minimum Gasteiger partial charge on any atom is -0.295 e. The first kappa shape index (κ1) is 12.0. The van der Waals surface area contributed by atoms with E-state index in [1.165, 1.54) is 20.2 Å². The summed E-state index contributed by atoms with van der Waals surface area (Å²) in [7, 11) is 2.64. The van der Waals surface area contributed by atoms with E-state index in [0.717, 1.165) is 9.13 Å². The second-order valence-electron chi connectivity index (χ2n) is 3.56. The first-order valence-electron chi connectivity index (χ1n) is 4.52. The molecule has 0 spiro atoms. The monoisotopic (exact) mass is 265 g/mol. The predicted molar refractivity (Wildman–Crippen MR) is 56.0 cm³/mol. The molecular weight excluding hydrogens is 259 g/mol. The molecule has 0 saturated carbocycles. The van der Waals surface area contributed by atoms with Crippen LogP contribution in [0.1, 0.15) is 5.69 Å². The van der Waals surface area contributed by atoms with Gasteiger partial charge >= 0.3 is 11.9 Å². The maximum atomic E-state index is 12.8. The van der Waals surface area contributed by atoms with Crippen molar-refractivity contribution >= 4 is 22.6 Å². The molecule has 0 aromatic carbocycles. The van der Waals surface area contributed by atoms with Crippen LogP contribution in [0.2, 0.25) is 5.15 Å². The van der Waals surface area contributed by atoms with Crippen molar-refractivity contribution in [2.75, 3.05) is 0 Å². The fourth-order valence-electron chi connectivity index (χ4n) is 1.70. The van der Waals surface area contributed by atoms with Crippen molar-refractivity contribution in [3.8, 4) is 0 Å². The van der Waals surface area contributed by atoms with Crippen LogP contribution in [-0.2, 0) is 20.3 Å². The minimum absolute atomic E-state index is 0.102. The Balaban J connectivity index is 3.04. The molecule has 0 saturated heterocycles. The van der Waals surface area contributed by atoms with Gasteiger partial charge < -0.3 is 0 Å². The number of aromatic nitrogens is 3. The summed E-state index contributed by atoms with van der Waals surface area (Å²) in [6.07, 6.45) is -4.66. The van der Waals surface area contributed by atoms with Crippen LogP contribution in [0, 0.1) is 0 Å². The van der Waals surface area contributed by atoms with Gasteiger partial charge in [0.15, 0.2) is 5.69 Å². The van der Waals surface area contributed by atoms with Gasteiger partial charge in [0.05, 0.1) is 5.52 Å². The van der Waals surface area contributed by atoms with Crippen LogP contribution in [0.4, 0.5) is 13.2 Å². The van der Waals surface area contributed by atoms with Gasteiger partial charge in [-0.25, -0.2) is 9.78 Å². The Morgan fingerprint density at radius 1 is 1.29 bits per heavy atom. The summed E-state index contributed by atoms with van der Waals surface area (Å²) in [6.45, 7) is 0. The fourth-order valence-corrected chi connectivity index (χ4v) is 1.89. The molecule has 92 valence electrons. The molecule has 0 atom stereocenters. The number of hydrogen-bond acceptors (Lipinski definition) is 2. The van der Waals surface area contributed by atoms with Crippen LogP contribution in [0.15, 0.2) is 10.9 Å². The zero-order chi connectivity index (χ0) is 13.0. The second-order valence-corrected chi connectivity index (χ2v) is 3.95. The molecule has 8 heteroatoms. The van der Waals surface area contributed by atoms with Gasteiger partial charge in [-0.1, -0.05) is 11.6 Å². The maximum absolute atomic E-state index is 12.8. The summed E-state index contributed by atoms with van der Waals surface area (Å²) in [5, 5.41) is -0.300. The van der Waals surface area contributed by atoms with Crippen molar-refractivity contribution < 1.29 is 13.2 Å². The van der Waals surface area contributed by atoms with Crippen molar-refractivity contribution in [1.82, 2.24) is 14.1 Å². The average Bonchev–Trinajstić information content (AvgIpc) is 2.42. The van der Waals surface area contributed by atoms with E-state index in [9.17, 15) is 18.0 Å². The lowest BCUT2D eigenvalue weighted by Gasteiger charge is -2.08. The second kappa shape index (κ2) is 3.49. The summed E-state index contributed by atoms with van der Waals surface area (Å²) in [4.78, 5) is 14.8. The van der Waals surface area contributed by atoms with Gasteiger partial charge in [0.1, 0.15) is 10.7 Å². The third kappa shape index (κ3) is 1.70. The molecule has 17 heavy (non-hydrogen) atoms. The van der Waals surface area contributed by atoms with E-state index in [1.807, 2.05) is 0 Å². The lowest BCUT2D eigenvalue weighted by molar-refractivity contribution is -0.140. The summed E-state index contributed by atoms with van der Waals surface area (Å²) < 4.78 is 40.3. The van der Waals surface area contributed by atoms with E-state index in [-0.39, 0.29) is 16.2 Å². The molecule has 0 aliphatic rings. The summed E-state index contributed by atoms with van der Waals surface area (Å²) in [5.41, 5.74) is -1.88. The van der Waals surface area contributed by atoms with Gasteiger partial charge in [-0.2, -0.15) is 13.2 Å². The Bertz CT molecular complexity index is 656. The van der Waals surface area contributed by atoms with Crippen molar-refractivity contribution in [3.63, 3.8) is 0 Å². The highest BCUT2D eigenvalue weighted by Gasteiger charge is 2.37. The van der Waals surface area contributed by atoms with Gasteiger partial charge in [0, 0.05) is 20.2 Å². The van der Waals surface area contributed by atoms with Crippen LogP contribution in [0.25, 0.3) is 11.0 Å². The molecule has 4 nitrogen and oxygen atoms in total.